The van der Waals surface area contributed by atoms with Gasteiger partial charge in [-0.25, -0.2) is 0 Å². The molecule has 1 saturated heterocycles. The fraction of sp³-hybridized carbons (Fsp3) is 0.583. The van der Waals surface area contributed by atoms with Gasteiger partial charge in [0.1, 0.15) is 17.7 Å². The van der Waals surface area contributed by atoms with Crippen LogP contribution in [0.2, 0.25) is 0 Å². The molecule has 0 aliphatic carbocycles. The van der Waals surface area contributed by atoms with Gasteiger partial charge in [-0.3, -0.25) is 4.79 Å². The summed E-state index contributed by atoms with van der Waals surface area (Å²) in [5.74, 6) is -0.104. The van der Waals surface area contributed by atoms with E-state index in [0.717, 1.165) is 25.7 Å². The average molecular weight is 217 g/mol. The molecule has 1 amide bonds. The lowest BCUT2D eigenvalue weighted by molar-refractivity contribution is -0.122. The Morgan fingerprint density at radius 2 is 2.12 bits per heavy atom. The van der Waals surface area contributed by atoms with Crippen LogP contribution >= 0.6 is 0 Å². The molecule has 0 aromatic rings. The van der Waals surface area contributed by atoms with Crippen molar-refractivity contribution < 1.29 is 4.79 Å². The highest BCUT2D eigenvalue weighted by Crippen LogP contribution is 2.25. The Balaban J connectivity index is 2.62. The summed E-state index contributed by atoms with van der Waals surface area (Å²) < 4.78 is 0. The molecule has 1 fully saturated rings. The molecule has 84 valence electrons. The number of carbonyl (C=O) groups is 1. The van der Waals surface area contributed by atoms with Crippen LogP contribution in [0.25, 0.3) is 0 Å². The van der Waals surface area contributed by atoms with Gasteiger partial charge in [-0.15, -0.1) is 0 Å². The van der Waals surface area contributed by atoms with Gasteiger partial charge in [0.15, 0.2) is 0 Å². The Morgan fingerprint density at radius 3 is 2.69 bits per heavy atom. The van der Waals surface area contributed by atoms with E-state index in [4.69, 9.17) is 10.5 Å². The molecule has 1 aliphatic rings. The molecule has 4 nitrogen and oxygen atoms in total. The second-order valence-corrected chi connectivity index (χ2v) is 3.96. The van der Waals surface area contributed by atoms with Crippen molar-refractivity contribution >= 4 is 5.91 Å². The van der Waals surface area contributed by atoms with Crippen LogP contribution in [0.1, 0.15) is 39.0 Å². The smallest absolute Gasteiger partial charge is 0.227 e. The first-order chi connectivity index (χ1) is 7.72. The van der Waals surface area contributed by atoms with Crippen molar-refractivity contribution in [3.63, 3.8) is 0 Å². The summed E-state index contributed by atoms with van der Waals surface area (Å²) in [5.41, 5.74) is 0.530. The predicted molar refractivity (Wildman–Crippen MR) is 58.6 cm³/mol. The van der Waals surface area contributed by atoms with Crippen molar-refractivity contribution in [2.24, 2.45) is 5.92 Å². The second kappa shape index (κ2) is 5.92. The molecular weight excluding hydrogens is 202 g/mol. The summed E-state index contributed by atoms with van der Waals surface area (Å²) in [6, 6.07) is 3.61. The summed E-state index contributed by atoms with van der Waals surface area (Å²) >= 11 is 0. The summed E-state index contributed by atoms with van der Waals surface area (Å²) in [7, 11) is 0. The maximum Gasteiger partial charge on any atom is 0.227 e. The first-order valence-corrected chi connectivity index (χ1v) is 5.57. The van der Waals surface area contributed by atoms with Crippen LogP contribution in [0.3, 0.4) is 0 Å². The number of nitriles is 2. The van der Waals surface area contributed by atoms with Gasteiger partial charge in [-0.1, -0.05) is 26.2 Å². The lowest BCUT2D eigenvalue weighted by Crippen LogP contribution is -2.18. The molecule has 0 radical (unpaired) electrons. The van der Waals surface area contributed by atoms with E-state index in [1.54, 1.807) is 12.1 Å². The van der Waals surface area contributed by atoms with Crippen molar-refractivity contribution in [2.75, 3.05) is 0 Å². The maximum absolute atomic E-state index is 11.6. The molecule has 1 heterocycles. The summed E-state index contributed by atoms with van der Waals surface area (Å²) in [6.45, 7) is 2.11. The number of unbranched alkanes of at least 4 members (excludes halogenated alkanes) is 2. The van der Waals surface area contributed by atoms with Crippen LogP contribution in [-0.2, 0) is 4.79 Å². The van der Waals surface area contributed by atoms with Gasteiger partial charge < -0.3 is 5.32 Å². The Bertz CT molecular complexity index is 368. The normalized spacial score (nSPS) is 18.8. The molecule has 4 heteroatoms. The minimum absolute atomic E-state index is 0.0336. The number of hydrogen-bond donors (Lipinski definition) is 1. The summed E-state index contributed by atoms with van der Waals surface area (Å²) in [5, 5.41) is 20.0. The zero-order valence-corrected chi connectivity index (χ0v) is 9.42. The van der Waals surface area contributed by atoms with E-state index in [9.17, 15) is 4.79 Å². The highest BCUT2D eigenvalue weighted by Gasteiger charge is 2.29. The van der Waals surface area contributed by atoms with Crippen molar-refractivity contribution in [2.45, 2.75) is 39.0 Å². The Labute approximate surface area is 95.6 Å². The van der Waals surface area contributed by atoms with Gasteiger partial charge in [-0.2, -0.15) is 10.5 Å². The number of nitrogens with zero attached hydrogens (tertiary/aromatic N) is 2. The zero-order valence-electron chi connectivity index (χ0n) is 9.42. The standard InChI is InChI=1S/C12H15N3O/c1-2-3-4-5-9-6-11(15-12(9)16)10(7-13)8-14/h9H,2-6H2,1H3,(H,15,16). The number of carbonyl (C=O) groups excluding carboxylic acids is 1. The third kappa shape index (κ3) is 2.84. The molecule has 0 spiro atoms. The van der Waals surface area contributed by atoms with E-state index >= 15 is 0 Å². The minimum Gasteiger partial charge on any atom is -0.327 e. The van der Waals surface area contributed by atoms with E-state index in [2.05, 4.69) is 12.2 Å². The number of amides is 1. The van der Waals surface area contributed by atoms with E-state index in [1.807, 2.05) is 0 Å². The van der Waals surface area contributed by atoms with Crippen molar-refractivity contribution in [1.82, 2.24) is 5.32 Å². The van der Waals surface area contributed by atoms with Crippen LogP contribution in [0.5, 0.6) is 0 Å². The van der Waals surface area contributed by atoms with Crippen LogP contribution in [0.4, 0.5) is 0 Å². The van der Waals surface area contributed by atoms with Crippen LogP contribution in [0, 0.1) is 28.6 Å². The SMILES string of the molecule is CCCCCC1CC(=C(C#N)C#N)NC1=O. The molecule has 1 unspecified atom stereocenters. The number of hydrogen-bond acceptors (Lipinski definition) is 3. The third-order valence-electron chi connectivity index (χ3n) is 2.78. The zero-order chi connectivity index (χ0) is 12.0. The molecule has 1 N–H and O–H groups in total. The van der Waals surface area contributed by atoms with E-state index in [1.165, 1.54) is 0 Å². The number of rotatable bonds is 4. The predicted octanol–water partition coefficient (Wildman–Crippen LogP) is 2.00. The van der Waals surface area contributed by atoms with Crippen LogP contribution < -0.4 is 5.32 Å². The molecule has 16 heavy (non-hydrogen) atoms. The van der Waals surface area contributed by atoms with Crippen LogP contribution in [0.15, 0.2) is 11.3 Å². The topological polar surface area (TPSA) is 76.7 Å². The lowest BCUT2D eigenvalue weighted by Gasteiger charge is -2.03. The molecule has 1 rings (SSSR count). The molecule has 1 aliphatic heterocycles. The molecule has 0 bridgehead atoms. The van der Waals surface area contributed by atoms with E-state index in [0.29, 0.717) is 12.1 Å². The fourth-order valence-corrected chi connectivity index (χ4v) is 1.84. The average Bonchev–Trinajstić information content (AvgIpc) is 2.63. The maximum atomic E-state index is 11.6. The van der Waals surface area contributed by atoms with Crippen LogP contribution in [-0.4, -0.2) is 5.91 Å². The Hall–Kier alpha value is -1.81. The highest BCUT2D eigenvalue weighted by atomic mass is 16.2. The quantitative estimate of drug-likeness (QED) is 0.578. The van der Waals surface area contributed by atoms with Crippen molar-refractivity contribution in [3.8, 4) is 12.1 Å². The molecule has 0 aromatic heterocycles. The van der Waals surface area contributed by atoms with E-state index in [-0.39, 0.29) is 17.4 Å². The fourth-order valence-electron chi connectivity index (χ4n) is 1.84. The summed E-state index contributed by atoms with van der Waals surface area (Å²) in [4.78, 5) is 11.6. The van der Waals surface area contributed by atoms with Gasteiger partial charge in [0.25, 0.3) is 0 Å². The largest absolute Gasteiger partial charge is 0.327 e. The molecule has 0 aromatic carbocycles. The summed E-state index contributed by atoms with van der Waals surface area (Å²) in [6.07, 6.45) is 4.62. The van der Waals surface area contributed by atoms with Crippen molar-refractivity contribution in [3.05, 3.63) is 11.3 Å². The highest BCUT2D eigenvalue weighted by molar-refractivity contribution is 5.84. The van der Waals surface area contributed by atoms with Gasteiger partial charge >= 0.3 is 0 Å². The first-order valence-electron chi connectivity index (χ1n) is 5.57. The Morgan fingerprint density at radius 1 is 1.44 bits per heavy atom. The van der Waals surface area contributed by atoms with Gasteiger partial charge in [0, 0.05) is 18.0 Å². The number of nitrogens with one attached hydrogen (secondary N) is 1. The third-order valence-corrected chi connectivity index (χ3v) is 2.78. The molecule has 1 atom stereocenters. The minimum atomic E-state index is -0.0572. The molecular formula is C12H15N3O. The van der Waals surface area contributed by atoms with E-state index < -0.39 is 0 Å². The number of allylic oxidation sites excluding steroid dienone is 2. The van der Waals surface area contributed by atoms with Gasteiger partial charge in [0.05, 0.1) is 0 Å². The van der Waals surface area contributed by atoms with Crippen molar-refractivity contribution in [1.29, 1.82) is 10.5 Å². The monoisotopic (exact) mass is 217 g/mol. The van der Waals surface area contributed by atoms with Gasteiger partial charge in [0.2, 0.25) is 5.91 Å². The first kappa shape index (κ1) is 12.3. The lowest BCUT2D eigenvalue weighted by atomic mass is 9.98. The van der Waals surface area contributed by atoms with Gasteiger partial charge in [-0.05, 0) is 6.42 Å². The Kier molecular flexibility index (Phi) is 4.54. The molecule has 0 saturated carbocycles. The second-order valence-electron chi connectivity index (χ2n) is 3.96.